The molecule has 24 heavy (non-hydrogen) atoms. The summed E-state index contributed by atoms with van der Waals surface area (Å²) >= 11 is 5.75. The van der Waals surface area contributed by atoms with Crippen molar-refractivity contribution in [3.63, 3.8) is 0 Å². The number of sulfonamides is 1. The highest BCUT2D eigenvalue weighted by atomic mass is 127. The third-order valence-electron chi connectivity index (χ3n) is 3.20. The Labute approximate surface area is 162 Å². The number of guanidine groups is 1. The van der Waals surface area contributed by atoms with Gasteiger partial charge in [0.15, 0.2) is 5.96 Å². The van der Waals surface area contributed by atoms with Crippen LogP contribution in [-0.2, 0) is 14.8 Å². The fraction of sp³-hybridized carbons (Fsp3) is 0.462. The lowest BCUT2D eigenvalue weighted by atomic mass is 10.3. The molecule has 0 aromatic heterocycles. The van der Waals surface area contributed by atoms with Crippen molar-refractivity contribution in [2.45, 2.75) is 4.90 Å². The van der Waals surface area contributed by atoms with Crippen molar-refractivity contribution >= 4 is 51.6 Å². The first kappa shape index (κ1) is 21.4. The van der Waals surface area contributed by atoms with Gasteiger partial charge < -0.3 is 15.4 Å². The van der Waals surface area contributed by atoms with E-state index in [9.17, 15) is 12.8 Å². The lowest BCUT2D eigenvalue weighted by Crippen LogP contribution is -2.45. The maximum atomic E-state index is 13.0. The highest BCUT2D eigenvalue weighted by molar-refractivity contribution is 14.0. The number of morpholine rings is 1. The van der Waals surface area contributed by atoms with Gasteiger partial charge in [0, 0.05) is 19.6 Å². The van der Waals surface area contributed by atoms with Gasteiger partial charge >= 0.3 is 0 Å². The highest BCUT2D eigenvalue weighted by Gasteiger charge is 2.18. The molecular formula is C13H19ClFIN4O3S. The summed E-state index contributed by atoms with van der Waals surface area (Å²) in [5.74, 6) is -0.246. The van der Waals surface area contributed by atoms with Crippen molar-refractivity contribution in [3.8, 4) is 0 Å². The Kier molecular flexibility index (Phi) is 8.63. The monoisotopic (exact) mass is 492 g/mol. The molecule has 1 aromatic rings. The third-order valence-corrected chi connectivity index (χ3v) is 5.14. The second kappa shape index (κ2) is 9.70. The molecule has 1 heterocycles. The van der Waals surface area contributed by atoms with Gasteiger partial charge in [-0.05, 0) is 18.2 Å². The minimum Gasteiger partial charge on any atom is -0.378 e. The molecule has 0 aliphatic carbocycles. The molecule has 11 heteroatoms. The van der Waals surface area contributed by atoms with Gasteiger partial charge in [-0.15, -0.1) is 24.0 Å². The van der Waals surface area contributed by atoms with Crippen LogP contribution < -0.4 is 10.5 Å². The first-order chi connectivity index (χ1) is 10.9. The van der Waals surface area contributed by atoms with E-state index in [4.69, 9.17) is 22.1 Å². The predicted octanol–water partition coefficient (Wildman–Crippen LogP) is 1.02. The van der Waals surface area contributed by atoms with Crippen molar-refractivity contribution in [1.82, 2.24) is 9.62 Å². The second-order valence-corrected chi connectivity index (χ2v) is 6.95. The lowest BCUT2D eigenvalue weighted by molar-refractivity contribution is 0.0674. The predicted molar refractivity (Wildman–Crippen MR) is 101 cm³/mol. The fourth-order valence-electron chi connectivity index (χ4n) is 2.01. The number of hydrogen-bond acceptors (Lipinski definition) is 4. The van der Waals surface area contributed by atoms with Gasteiger partial charge in [-0.25, -0.2) is 17.5 Å². The minimum absolute atomic E-state index is 0. The Balaban J connectivity index is 0.00000288. The molecule has 136 valence electrons. The van der Waals surface area contributed by atoms with Crippen LogP contribution in [0.3, 0.4) is 0 Å². The van der Waals surface area contributed by atoms with Gasteiger partial charge in [0.25, 0.3) is 0 Å². The SMILES string of the molecule is I.NC(=NCCNS(=O)(=O)c1ccc(F)cc1Cl)N1CCOCC1. The van der Waals surface area contributed by atoms with Gasteiger partial charge in [0.2, 0.25) is 10.0 Å². The third kappa shape index (κ3) is 5.99. The number of hydrogen-bond donors (Lipinski definition) is 2. The van der Waals surface area contributed by atoms with Crippen LogP contribution in [0.25, 0.3) is 0 Å². The van der Waals surface area contributed by atoms with E-state index in [-0.39, 0.29) is 47.0 Å². The fourth-order valence-corrected chi connectivity index (χ4v) is 3.56. The van der Waals surface area contributed by atoms with Crippen molar-refractivity contribution < 1.29 is 17.5 Å². The Hall–Kier alpha value is -0.690. The maximum absolute atomic E-state index is 13.0. The highest BCUT2D eigenvalue weighted by Crippen LogP contribution is 2.21. The van der Waals surface area contributed by atoms with Crippen LogP contribution in [0.1, 0.15) is 0 Å². The van der Waals surface area contributed by atoms with Gasteiger partial charge in [0.05, 0.1) is 24.8 Å². The molecule has 0 bridgehead atoms. The lowest BCUT2D eigenvalue weighted by Gasteiger charge is -2.27. The summed E-state index contributed by atoms with van der Waals surface area (Å²) in [7, 11) is -3.82. The van der Waals surface area contributed by atoms with E-state index in [1.165, 1.54) is 0 Å². The Morgan fingerprint density at radius 2 is 2.08 bits per heavy atom. The molecule has 0 radical (unpaired) electrons. The zero-order chi connectivity index (χ0) is 16.9. The van der Waals surface area contributed by atoms with Crippen LogP contribution in [0, 0.1) is 5.82 Å². The Morgan fingerprint density at radius 3 is 2.71 bits per heavy atom. The average molecular weight is 493 g/mol. The molecule has 1 fully saturated rings. The first-order valence-corrected chi connectivity index (χ1v) is 8.83. The zero-order valence-electron chi connectivity index (χ0n) is 12.7. The van der Waals surface area contributed by atoms with Gasteiger partial charge in [-0.2, -0.15) is 0 Å². The van der Waals surface area contributed by atoms with E-state index in [2.05, 4.69) is 9.71 Å². The number of nitrogens with two attached hydrogens (primary N) is 1. The van der Waals surface area contributed by atoms with Crippen LogP contribution in [0.15, 0.2) is 28.1 Å². The first-order valence-electron chi connectivity index (χ1n) is 6.97. The molecule has 0 spiro atoms. The zero-order valence-corrected chi connectivity index (χ0v) is 16.6. The van der Waals surface area contributed by atoms with E-state index in [1.54, 1.807) is 0 Å². The number of nitrogens with one attached hydrogen (secondary N) is 1. The van der Waals surface area contributed by atoms with E-state index in [1.807, 2.05) is 4.90 Å². The maximum Gasteiger partial charge on any atom is 0.242 e. The van der Waals surface area contributed by atoms with Gasteiger partial charge in [-0.3, -0.25) is 4.99 Å². The molecule has 3 N–H and O–H groups in total. The topological polar surface area (TPSA) is 97.0 Å². The van der Waals surface area contributed by atoms with Crippen LogP contribution in [-0.4, -0.2) is 58.7 Å². The number of halogens is 3. The number of nitrogens with zero attached hydrogens (tertiary/aromatic N) is 2. The number of ether oxygens (including phenoxy) is 1. The number of rotatable bonds is 5. The van der Waals surface area contributed by atoms with E-state index >= 15 is 0 Å². The summed E-state index contributed by atoms with van der Waals surface area (Å²) in [4.78, 5) is 5.82. The molecule has 1 aliphatic rings. The van der Waals surface area contributed by atoms with Crippen molar-refractivity contribution in [2.24, 2.45) is 10.7 Å². The molecule has 1 saturated heterocycles. The summed E-state index contributed by atoms with van der Waals surface area (Å²) in [6, 6.07) is 3.10. The molecule has 0 saturated carbocycles. The average Bonchev–Trinajstić information content (AvgIpc) is 2.52. The summed E-state index contributed by atoms with van der Waals surface area (Å²) in [5.41, 5.74) is 5.83. The largest absolute Gasteiger partial charge is 0.378 e. The molecule has 1 aromatic carbocycles. The van der Waals surface area contributed by atoms with Crippen molar-refractivity contribution in [2.75, 3.05) is 39.4 Å². The van der Waals surface area contributed by atoms with Crippen molar-refractivity contribution in [3.05, 3.63) is 29.0 Å². The Morgan fingerprint density at radius 1 is 1.42 bits per heavy atom. The molecule has 7 nitrogen and oxygen atoms in total. The molecule has 2 rings (SSSR count). The normalized spacial score (nSPS) is 15.9. The van der Waals surface area contributed by atoms with E-state index in [0.29, 0.717) is 32.3 Å². The quantitative estimate of drug-likeness (QED) is 0.277. The van der Waals surface area contributed by atoms with Crippen LogP contribution in [0.5, 0.6) is 0 Å². The smallest absolute Gasteiger partial charge is 0.242 e. The minimum atomic E-state index is -3.82. The van der Waals surface area contributed by atoms with E-state index in [0.717, 1.165) is 18.2 Å². The van der Waals surface area contributed by atoms with Gasteiger partial charge in [0.1, 0.15) is 10.7 Å². The number of benzene rings is 1. The molecule has 0 unspecified atom stereocenters. The van der Waals surface area contributed by atoms with Crippen LogP contribution in [0.2, 0.25) is 5.02 Å². The summed E-state index contributed by atoms with van der Waals surface area (Å²) < 4.78 is 44.7. The van der Waals surface area contributed by atoms with E-state index < -0.39 is 15.8 Å². The van der Waals surface area contributed by atoms with Gasteiger partial charge in [-0.1, -0.05) is 11.6 Å². The molecule has 1 aliphatic heterocycles. The molecular weight excluding hydrogens is 474 g/mol. The second-order valence-electron chi connectivity index (χ2n) is 4.81. The summed E-state index contributed by atoms with van der Waals surface area (Å²) in [6.07, 6.45) is 0. The summed E-state index contributed by atoms with van der Waals surface area (Å²) in [6.45, 7) is 2.73. The molecule has 0 amide bonds. The standard InChI is InChI=1S/C13H18ClFN4O3S.HI/c14-11-9-10(15)1-2-12(11)23(20,21)18-4-3-17-13(16)19-5-7-22-8-6-19;/h1-2,9,18H,3-8H2,(H2,16,17);1H. The Bertz CT molecular complexity index is 684. The number of aliphatic imine (C=N–C) groups is 1. The van der Waals surface area contributed by atoms with Crippen LogP contribution >= 0.6 is 35.6 Å². The van der Waals surface area contributed by atoms with Crippen molar-refractivity contribution in [1.29, 1.82) is 0 Å². The molecule has 0 atom stereocenters. The summed E-state index contributed by atoms with van der Waals surface area (Å²) in [5, 5.41) is -0.172. The van der Waals surface area contributed by atoms with Crippen LogP contribution in [0.4, 0.5) is 4.39 Å².